The molecule has 2 N–H and O–H groups in total. The molecule has 0 atom stereocenters. The van der Waals surface area contributed by atoms with Gasteiger partial charge >= 0.3 is 13.2 Å². The zero-order valence-corrected chi connectivity index (χ0v) is 13.5. The summed E-state index contributed by atoms with van der Waals surface area (Å²) in [6, 6.07) is 4.49. The maximum atomic E-state index is 12.6. The molecule has 0 radical (unpaired) electrons. The van der Waals surface area contributed by atoms with Gasteiger partial charge in [0, 0.05) is 19.3 Å². The van der Waals surface area contributed by atoms with Gasteiger partial charge in [0.05, 0.1) is 6.20 Å². The SMILES string of the molecule is Cn1nccc1N(C(=O)OC(C)(C)C)c1cc(B(O)O)ccn1. The fourth-order valence-corrected chi connectivity index (χ4v) is 1.92. The molecule has 2 aromatic heterocycles. The van der Waals surface area contributed by atoms with Crippen LogP contribution in [0.2, 0.25) is 0 Å². The summed E-state index contributed by atoms with van der Waals surface area (Å²) in [7, 11) is 0.0148. The molecule has 0 aliphatic rings. The number of hydrogen-bond acceptors (Lipinski definition) is 6. The van der Waals surface area contributed by atoms with E-state index in [-0.39, 0.29) is 11.3 Å². The molecule has 0 spiro atoms. The summed E-state index contributed by atoms with van der Waals surface area (Å²) in [5.41, 5.74) is -0.479. The normalized spacial score (nSPS) is 11.2. The maximum Gasteiger partial charge on any atom is 0.488 e. The van der Waals surface area contributed by atoms with Gasteiger partial charge in [0.1, 0.15) is 17.2 Å². The first kappa shape index (κ1) is 17.0. The highest BCUT2D eigenvalue weighted by molar-refractivity contribution is 6.58. The molecule has 8 nitrogen and oxygen atoms in total. The van der Waals surface area contributed by atoms with E-state index in [1.54, 1.807) is 33.9 Å². The molecule has 2 rings (SSSR count). The average molecular weight is 318 g/mol. The van der Waals surface area contributed by atoms with Crippen LogP contribution < -0.4 is 10.4 Å². The number of carbonyl (C=O) groups excluding carboxylic acids is 1. The van der Waals surface area contributed by atoms with Gasteiger partial charge in [-0.05, 0) is 38.4 Å². The van der Waals surface area contributed by atoms with Crippen molar-refractivity contribution in [2.45, 2.75) is 26.4 Å². The second-order valence-corrected chi connectivity index (χ2v) is 5.95. The Hall–Kier alpha value is -2.39. The van der Waals surface area contributed by atoms with E-state index in [0.29, 0.717) is 5.82 Å². The lowest BCUT2D eigenvalue weighted by molar-refractivity contribution is 0.0596. The fraction of sp³-hybridized carbons (Fsp3) is 0.357. The number of anilines is 2. The van der Waals surface area contributed by atoms with Gasteiger partial charge in [0.25, 0.3) is 0 Å². The number of carbonyl (C=O) groups is 1. The third kappa shape index (κ3) is 4.08. The van der Waals surface area contributed by atoms with Gasteiger partial charge in [-0.15, -0.1) is 0 Å². The third-order valence-electron chi connectivity index (χ3n) is 2.90. The number of nitrogens with zero attached hydrogens (tertiary/aromatic N) is 4. The summed E-state index contributed by atoms with van der Waals surface area (Å²) in [5.74, 6) is 0.643. The smallest absolute Gasteiger partial charge is 0.443 e. The topological polar surface area (TPSA) is 101 Å². The molecule has 0 aliphatic heterocycles. The molecule has 1 amide bonds. The molecule has 2 aromatic rings. The van der Waals surface area contributed by atoms with Crippen molar-refractivity contribution in [2.75, 3.05) is 4.90 Å². The number of aromatic nitrogens is 3. The minimum absolute atomic E-state index is 0.202. The van der Waals surface area contributed by atoms with Crippen molar-refractivity contribution in [1.29, 1.82) is 0 Å². The van der Waals surface area contributed by atoms with Gasteiger partial charge in [-0.1, -0.05) is 0 Å². The van der Waals surface area contributed by atoms with Crippen LogP contribution in [-0.2, 0) is 11.8 Å². The first-order chi connectivity index (χ1) is 10.7. The van der Waals surface area contributed by atoms with Crippen molar-refractivity contribution >= 4 is 30.3 Å². The summed E-state index contributed by atoms with van der Waals surface area (Å²) < 4.78 is 6.91. The lowest BCUT2D eigenvalue weighted by atomic mass is 9.81. The molecule has 0 aliphatic carbocycles. The predicted molar refractivity (Wildman–Crippen MR) is 85.6 cm³/mol. The van der Waals surface area contributed by atoms with Crippen molar-refractivity contribution in [3.63, 3.8) is 0 Å². The highest BCUT2D eigenvalue weighted by atomic mass is 16.6. The van der Waals surface area contributed by atoms with Gasteiger partial charge in [-0.2, -0.15) is 5.10 Å². The van der Waals surface area contributed by atoms with E-state index in [4.69, 9.17) is 4.74 Å². The van der Waals surface area contributed by atoms with Crippen molar-refractivity contribution in [3.8, 4) is 0 Å². The molecule has 9 heteroatoms. The average Bonchev–Trinajstić information content (AvgIpc) is 2.83. The number of pyridine rings is 1. The van der Waals surface area contributed by atoms with Crippen LogP contribution >= 0.6 is 0 Å². The summed E-state index contributed by atoms with van der Waals surface area (Å²) in [5, 5.41) is 22.7. The van der Waals surface area contributed by atoms with Crippen LogP contribution in [0, 0.1) is 0 Å². The van der Waals surface area contributed by atoms with E-state index in [9.17, 15) is 14.8 Å². The standard InChI is InChI=1S/C14H19BN4O4/c1-14(2,3)23-13(20)19(12-6-8-17-18(12)4)11-9-10(15(21)22)5-7-16-11/h5-9,21-22H,1-4H3. The summed E-state index contributed by atoms with van der Waals surface area (Å²) in [4.78, 5) is 17.9. The van der Waals surface area contributed by atoms with Crippen molar-refractivity contribution in [1.82, 2.24) is 14.8 Å². The van der Waals surface area contributed by atoms with Gasteiger partial charge in [-0.25, -0.2) is 14.7 Å². The number of ether oxygens (including phenoxy) is 1. The molecule has 23 heavy (non-hydrogen) atoms. The van der Waals surface area contributed by atoms with Gasteiger partial charge in [-0.3, -0.25) is 4.68 Å². The Balaban J connectivity index is 2.48. The lowest BCUT2D eigenvalue weighted by Gasteiger charge is -2.26. The van der Waals surface area contributed by atoms with Crippen LogP contribution in [-0.4, -0.2) is 43.6 Å². The lowest BCUT2D eigenvalue weighted by Crippen LogP contribution is -2.37. The van der Waals surface area contributed by atoms with Gasteiger partial charge < -0.3 is 14.8 Å². The highest BCUT2D eigenvalue weighted by Gasteiger charge is 2.28. The molecule has 0 unspecified atom stereocenters. The third-order valence-corrected chi connectivity index (χ3v) is 2.90. The molecule has 0 aromatic carbocycles. The number of amides is 1. The van der Waals surface area contributed by atoms with Crippen molar-refractivity contribution in [2.24, 2.45) is 7.05 Å². The number of hydrogen-bond donors (Lipinski definition) is 2. The Labute approximate surface area is 134 Å². The Morgan fingerprint density at radius 3 is 2.52 bits per heavy atom. The number of aryl methyl sites for hydroxylation is 1. The molecular weight excluding hydrogens is 299 g/mol. The zero-order chi connectivity index (χ0) is 17.2. The fourth-order valence-electron chi connectivity index (χ4n) is 1.92. The van der Waals surface area contributed by atoms with E-state index in [1.165, 1.54) is 34.1 Å². The number of rotatable bonds is 3. The van der Waals surface area contributed by atoms with Gasteiger partial charge in [0.2, 0.25) is 0 Å². The summed E-state index contributed by atoms with van der Waals surface area (Å²) >= 11 is 0. The Bertz CT molecular complexity index is 696. The summed E-state index contributed by atoms with van der Waals surface area (Å²) in [6.07, 6.45) is 2.29. The predicted octanol–water partition coefficient (Wildman–Crippen LogP) is 0.568. The molecule has 0 saturated heterocycles. The van der Waals surface area contributed by atoms with Crippen LogP contribution in [0.15, 0.2) is 30.6 Å². The second kappa shape index (κ2) is 6.39. The molecule has 0 fully saturated rings. The molecule has 2 heterocycles. The molecule has 0 saturated carbocycles. The zero-order valence-electron chi connectivity index (χ0n) is 13.5. The Morgan fingerprint density at radius 2 is 2.00 bits per heavy atom. The molecular formula is C14H19BN4O4. The minimum atomic E-state index is -1.66. The Morgan fingerprint density at radius 1 is 1.30 bits per heavy atom. The summed E-state index contributed by atoms with van der Waals surface area (Å²) in [6.45, 7) is 5.27. The maximum absolute atomic E-state index is 12.6. The minimum Gasteiger partial charge on any atom is -0.443 e. The highest BCUT2D eigenvalue weighted by Crippen LogP contribution is 2.24. The van der Waals surface area contributed by atoms with Crippen LogP contribution in [0.25, 0.3) is 0 Å². The van der Waals surface area contributed by atoms with E-state index in [1.807, 2.05) is 0 Å². The van der Waals surface area contributed by atoms with E-state index in [2.05, 4.69) is 10.1 Å². The monoisotopic (exact) mass is 318 g/mol. The van der Waals surface area contributed by atoms with E-state index in [0.717, 1.165) is 0 Å². The van der Waals surface area contributed by atoms with Crippen LogP contribution in [0.3, 0.4) is 0 Å². The Kier molecular flexibility index (Phi) is 4.72. The van der Waals surface area contributed by atoms with E-state index >= 15 is 0 Å². The quantitative estimate of drug-likeness (QED) is 0.803. The second-order valence-electron chi connectivity index (χ2n) is 5.95. The van der Waals surface area contributed by atoms with Crippen LogP contribution in [0.5, 0.6) is 0 Å². The van der Waals surface area contributed by atoms with Crippen LogP contribution in [0.4, 0.5) is 16.4 Å². The van der Waals surface area contributed by atoms with Crippen LogP contribution in [0.1, 0.15) is 20.8 Å². The first-order valence-corrected chi connectivity index (χ1v) is 7.02. The van der Waals surface area contributed by atoms with Crippen molar-refractivity contribution < 1.29 is 19.6 Å². The largest absolute Gasteiger partial charge is 0.488 e. The van der Waals surface area contributed by atoms with Crippen molar-refractivity contribution in [3.05, 3.63) is 30.6 Å². The van der Waals surface area contributed by atoms with E-state index < -0.39 is 18.8 Å². The molecule has 122 valence electrons. The first-order valence-electron chi connectivity index (χ1n) is 7.02. The van der Waals surface area contributed by atoms with Gasteiger partial charge in [0.15, 0.2) is 0 Å². The molecule has 0 bridgehead atoms.